The minimum Gasteiger partial charge on any atom is -0.343 e. The Labute approximate surface area is 100.0 Å². The number of carbonyl (C=O) groups is 1. The van der Waals surface area contributed by atoms with Gasteiger partial charge < -0.3 is 5.32 Å². The summed E-state index contributed by atoms with van der Waals surface area (Å²) < 4.78 is 22.4. The predicted octanol–water partition coefficient (Wildman–Crippen LogP) is 0.272. The van der Waals surface area contributed by atoms with Crippen molar-refractivity contribution in [3.05, 3.63) is 29.8 Å². The van der Waals surface area contributed by atoms with Crippen LogP contribution in [0.1, 0.15) is 5.56 Å². The van der Waals surface area contributed by atoms with Crippen molar-refractivity contribution in [3.8, 4) is 6.07 Å². The van der Waals surface area contributed by atoms with Gasteiger partial charge in [-0.1, -0.05) is 12.1 Å². The number of rotatable bonds is 4. The van der Waals surface area contributed by atoms with Crippen LogP contribution in [0.5, 0.6) is 0 Å². The Morgan fingerprint density at radius 1 is 1.35 bits per heavy atom. The van der Waals surface area contributed by atoms with Crippen molar-refractivity contribution in [2.75, 3.05) is 12.8 Å². The van der Waals surface area contributed by atoms with E-state index in [0.29, 0.717) is 5.56 Å². The smallest absolute Gasteiger partial charge is 0.225 e. The van der Waals surface area contributed by atoms with Crippen LogP contribution in [0.25, 0.3) is 0 Å². The van der Waals surface area contributed by atoms with E-state index in [4.69, 9.17) is 5.26 Å². The highest BCUT2D eigenvalue weighted by Crippen LogP contribution is 2.10. The third-order valence-electron chi connectivity index (χ3n) is 2.08. The molecule has 1 rings (SSSR count). The van der Waals surface area contributed by atoms with Gasteiger partial charge in [0.15, 0.2) is 9.84 Å². The molecule has 0 bridgehead atoms. The molecule has 1 aromatic rings. The Kier molecular flexibility index (Phi) is 4.24. The molecule has 0 saturated carbocycles. The first kappa shape index (κ1) is 13.2. The first-order chi connectivity index (χ1) is 7.93. The van der Waals surface area contributed by atoms with E-state index >= 15 is 0 Å². The number of hydrogen-bond acceptors (Lipinski definition) is 4. The van der Waals surface area contributed by atoms with Crippen molar-refractivity contribution in [1.82, 2.24) is 5.32 Å². The van der Waals surface area contributed by atoms with Crippen molar-refractivity contribution >= 4 is 15.7 Å². The maximum Gasteiger partial charge on any atom is 0.225 e. The van der Waals surface area contributed by atoms with Gasteiger partial charge in [0.2, 0.25) is 5.91 Å². The highest BCUT2D eigenvalue weighted by molar-refractivity contribution is 7.90. The standard InChI is InChI=1S/C11H12N2O3S/c1-17(15,16)10-4-2-9(3-5-10)8-11(14)13-7-6-12/h2-5H,7-8H2,1H3,(H,13,14). The van der Waals surface area contributed by atoms with E-state index in [-0.39, 0.29) is 23.8 Å². The number of amides is 1. The lowest BCUT2D eigenvalue weighted by atomic mass is 10.1. The second-order valence-electron chi connectivity index (χ2n) is 3.53. The Morgan fingerprint density at radius 2 is 1.94 bits per heavy atom. The van der Waals surface area contributed by atoms with Crippen LogP contribution in [0, 0.1) is 11.3 Å². The third kappa shape index (κ3) is 4.25. The van der Waals surface area contributed by atoms with E-state index in [0.717, 1.165) is 6.26 Å². The molecule has 0 atom stereocenters. The first-order valence-electron chi connectivity index (χ1n) is 4.86. The summed E-state index contributed by atoms with van der Waals surface area (Å²) in [5, 5.41) is 10.7. The molecule has 17 heavy (non-hydrogen) atoms. The molecule has 6 heteroatoms. The quantitative estimate of drug-likeness (QED) is 0.779. The summed E-state index contributed by atoms with van der Waals surface area (Å²) in [6.07, 6.45) is 1.26. The largest absolute Gasteiger partial charge is 0.343 e. The van der Waals surface area contributed by atoms with Gasteiger partial charge in [-0.25, -0.2) is 8.42 Å². The SMILES string of the molecule is CS(=O)(=O)c1ccc(CC(=O)NCC#N)cc1. The molecule has 0 aliphatic rings. The molecule has 0 unspecified atom stereocenters. The second-order valence-corrected chi connectivity index (χ2v) is 5.54. The van der Waals surface area contributed by atoms with Gasteiger partial charge in [-0.05, 0) is 17.7 Å². The van der Waals surface area contributed by atoms with Crippen LogP contribution in [-0.2, 0) is 21.1 Å². The van der Waals surface area contributed by atoms with Crippen LogP contribution in [0.2, 0.25) is 0 Å². The summed E-state index contributed by atoms with van der Waals surface area (Å²) in [7, 11) is -3.21. The second kappa shape index (κ2) is 5.46. The van der Waals surface area contributed by atoms with Crippen LogP contribution < -0.4 is 5.32 Å². The van der Waals surface area contributed by atoms with Gasteiger partial charge in [0.1, 0.15) is 6.54 Å². The molecule has 0 heterocycles. The summed E-state index contributed by atoms with van der Waals surface area (Å²) in [5.74, 6) is -0.265. The normalized spacial score (nSPS) is 10.6. The molecule has 1 N–H and O–H groups in total. The van der Waals surface area contributed by atoms with E-state index in [9.17, 15) is 13.2 Å². The molecule has 0 spiro atoms. The number of nitriles is 1. The van der Waals surface area contributed by atoms with Crippen LogP contribution in [0.4, 0.5) is 0 Å². The average Bonchev–Trinajstić information content (AvgIpc) is 2.26. The molecule has 5 nitrogen and oxygen atoms in total. The Bertz CT molecular complexity index is 541. The fraction of sp³-hybridized carbons (Fsp3) is 0.273. The Hall–Kier alpha value is -1.87. The van der Waals surface area contributed by atoms with Gasteiger partial charge in [-0.2, -0.15) is 5.26 Å². The monoisotopic (exact) mass is 252 g/mol. The number of nitrogens with one attached hydrogen (secondary N) is 1. The van der Waals surface area contributed by atoms with Gasteiger partial charge in [0, 0.05) is 6.26 Å². The Morgan fingerprint density at radius 3 is 2.41 bits per heavy atom. The lowest BCUT2D eigenvalue weighted by Crippen LogP contribution is -2.25. The fourth-order valence-electron chi connectivity index (χ4n) is 1.24. The van der Waals surface area contributed by atoms with Crippen molar-refractivity contribution in [1.29, 1.82) is 5.26 Å². The Balaban J connectivity index is 2.70. The molecule has 1 amide bonds. The molecular weight excluding hydrogens is 240 g/mol. The molecule has 1 aromatic carbocycles. The highest BCUT2D eigenvalue weighted by Gasteiger charge is 2.07. The maximum atomic E-state index is 11.3. The minimum atomic E-state index is -3.21. The zero-order valence-corrected chi connectivity index (χ0v) is 10.1. The molecule has 90 valence electrons. The van der Waals surface area contributed by atoms with Crippen molar-refractivity contribution in [2.24, 2.45) is 0 Å². The average molecular weight is 252 g/mol. The minimum absolute atomic E-state index is 0.0275. The van der Waals surface area contributed by atoms with E-state index in [1.54, 1.807) is 18.2 Å². The number of sulfone groups is 1. The topological polar surface area (TPSA) is 87.0 Å². The molecule has 0 aliphatic carbocycles. The van der Waals surface area contributed by atoms with E-state index < -0.39 is 9.84 Å². The van der Waals surface area contributed by atoms with Gasteiger partial charge in [0.05, 0.1) is 17.4 Å². The zero-order chi connectivity index (χ0) is 12.9. The summed E-state index contributed by atoms with van der Waals surface area (Å²) in [4.78, 5) is 11.5. The molecule has 0 aromatic heterocycles. The summed E-state index contributed by atoms with van der Waals surface area (Å²) in [5.41, 5.74) is 0.702. The zero-order valence-electron chi connectivity index (χ0n) is 9.30. The van der Waals surface area contributed by atoms with E-state index in [1.807, 2.05) is 0 Å². The van der Waals surface area contributed by atoms with Crippen LogP contribution in [-0.4, -0.2) is 27.1 Å². The van der Waals surface area contributed by atoms with Gasteiger partial charge >= 0.3 is 0 Å². The lowest BCUT2D eigenvalue weighted by molar-refractivity contribution is -0.120. The summed E-state index contributed by atoms with van der Waals surface area (Å²) in [6, 6.07) is 7.89. The number of benzene rings is 1. The molecule has 0 fully saturated rings. The van der Waals surface area contributed by atoms with Crippen LogP contribution in [0.15, 0.2) is 29.2 Å². The van der Waals surface area contributed by atoms with Crippen molar-refractivity contribution < 1.29 is 13.2 Å². The third-order valence-corrected chi connectivity index (χ3v) is 3.21. The van der Waals surface area contributed by atoms with Gasteiger partial charge in [-0.3, -0.25) is 4.79 Å². The van der Waals surface area contributed by atoms with Gasteiger partial charge in [-0.15, -0.1) is 0 Å². The van der Waals surface area contributed by atoms with Crippen LogP contribution in [0.3, 0.4) is 0 Å². The molecule has 0 radical (unpaired) electrons. The highest BCUT2D eigenvalue weighted by atomic mass is 32.2. The summed E-state index contributed by atoms with van der Waals surface area (Å²) in [6.45, 7) is -0.0275. The van der Waals surface area contributed by atoms with Crippen molar-refractivity contribution in [2.45, 2.75) is 11.3 Å². The molecule has 0 saturated heterocycles. The fourth-order valence-corrected chi connectivity index (χ4v) is 1.87. The van der Waals surface area contributed by atoms with Crippen molar-refractivity contribution in [3.63, 3.8) is 0 Å². The van der Waals surface area contributed by atoms with Crippen LogP contribution >= 0.6 is 0 Å². The summed E-state index contributed by atoms with van der Waals surface area (Å²) >= 11 is 0. The first-order valence-corrected chi connectivity index (χ1v) is 6.75. The number of hydrogen-bond donors (Lipinski definition) is 1. The van der Waals surface area contributed by atoms with E-state index in [1.165, 1.54) is 12.1 Å². The molecular formula is C11H12N2O3S. The number of nitrogens with zero attached hydrogens (tertiary/aromatic N) is 1. The van der Waals surface area contributed by atoms with E-state index in [2.05, 4.69) is 5.32 Å². The molecule has 0 aliphatic heterocycles. The lowest BCUT2D eigenvalue weighted by Gasteiger charge is -2.03. The van der Waals surface area contributed by atoms with Gasteiger partial charge in [0.25, 0.3) is 0 Å². The predicted molar refractivity (Wildman–Crippen MR) is 61.9 cm³/mol. The number of carbonyl (C=O) groups excluding carboxylic acids is 1. The maximum absolute atomic E-state index is 11.3.